The highest BCUT2D eigenvalue weighted by molar-refractivity contribution is 6.30. The van der Waals surface area contributed by atoms with Crippen LogP contribution in [0.25, 0.3) is 0 Å². The van der Waals surface area contributed by atoms with Gasteiger partial charge in [0.05, 0.1) is 0 Å². The maximum Gasteiger partial charge on any atom is 0.323 e. The highest BCUT2D eigenvalue weighted by Crippen LogP contribution is 2.49. The third kappa shape index (κ3) is 3.31. The molecule has 0 spiro atoms. The third-order valence-electron chi connectivity index (χ3n) is 3.60. The van der Waals surface area contributed by atoms with Gasteiger partial charge in [-0.2, -0.15) is 0 Å². The molecule has 20 heavy (non-hydrogen) atoms. The molecule has 1 saturated carbocycles. The predicted octanol–water partition coefficient (Wildman–Crippen LogP) is 2.77. The number of hydrogen-bond donors (Lipinski definition) is 1. The van der Waals surface area contributed by atoms with E-state index >= 15 is 0 Å². The minimum Gasteiger partial charge on any atom is -0.480 e. The molecule has 4 nitrogen and oxygen atoms in total. The second-order valence-corrected chi connectivity index (χ2v) is 5.89. The van der Waals surface area contributed by atoms with Gasteiger partial charge in [-0.15, -0.1) is 0 Å². The Morgan fingerprint density at radius 1 is 1.45 bits per heavy atom. The number of aliphatic carboxylic acids is 1. The fourth-order valence-electron chi connectivity index (χ4n) is 2.45. The number of carbonyl (C=O) groups excluding carboxylic acids is 1. The van der Waals surface area contributed by atoms with Crippen LogP contribution in [0.3, 0.4) is 0 Å². The van der Waals surface area contributed by atoms with Crippen LogP contribution < -0.4 is 0 Å². The molecule has 108 valence electrons. The molecule has 0 bridgehead atoms. The lowest BCUT2D eigenvalue weighted by Gasteiger charge is -2.25. The lowest BCUT2D eigenvalue weighted by molar-refractivity contribution is -0.146. The van der Waals surface area contributed by atoms with Crippen molar-refractivity contribution in [3.8, 4) is 0 Å². The zero-order valence-electron chi connectivity index (χ0n) is 11.5. The first-order valence-electron chi connectivity index (χ1n) is 6.68. The molecule has 2 rings (SSSR count). The molecule has 1 N–H and O–H groups in total. The van der Waals surface area contributed by atoms with E-state index in [1.54, 1.807) is 6.07 Å². The topological polar surface area (TPSA) is 57.6 Å². The zero-order chi connectivity index (χ0) is 14.9. The Kier molecular flexibility index (Phi) is 4.33. The number of amides is 1. The minimum atomic E-state index is -0.980. The van der Waals surface area contributed by atoms with E-state index in [0.717, 1.165) is 12.0 Å². The summed E-state index contributed by atoms with van der Waals surface area (Å²) in [6.45, 7) is 3.42. The maximum absolute atomic E-state index is 12.4. The summed E-state index contributed by atoms with van der Waals surface area (Å²) in [6.07, 6.45) is 0.766. The van der Waals surface area contributed by atoms with Crippen LogP contribution in [0.15, 0.2) is 24.3 Å². The second kappa shape index (κ2) is 5.83. The van der Waals surface area contributed by atoms with Crippen molar-refractivity contribution in [1.82, 2.24) is 4.90 Å². The van der Waals surface area contributed by atoms with Gasteiger partial charge in [-0.3, -0.25) is 9.59 Å². The van der Waals surface area contributed by atoms with Gasteiger partial charge in [0, 0.05) is 17.0 Å². The van der Waals surface area contributed by atoms with Crippen LogP contribution in [-0.4, -0.2) is 34.5 Å². The molecule has 5 heteroatoms. The SMILES string of the molecule is CC(C)N(CC(=O)O)C(=O)C1CC1c1cccc(Cl)c1. The van der Waals surface area contributed by atoms with E-state index < -0.39 is 5.97 Å². The number of hydrogen-bond acceptors (Lipinski definition) is 2. The second-order valence-electron chi connectivity index (χ2n) is 5.46. The Hall–Kier alpha value is -1.55. The lowest BCUT2D eigenvalue weighted by Crippen LogP contribution is -2.41. The van der Waals surface area contributed by atoms with Gasteiger partial charge in [0.1, 0.15) is 6.54 Å². The van der Waals surface area contributed by atoms with Crippen molar-refractivity contribution in [1.29, 1.82) is 0 Å². The molecule has 0 aromatic heterocycles. The van der Waals surface area contributed by atoms with Gasteiger partial charge in [0.15, 0.2) is 0 Å². The van der Waals surface area contributed by atoms with E-state index in [9.17, 15) is 9.59 Å². The Labute approximate surface area is 123 Å². The van der Waals surface area contributed by atoms with Crippen LogP contribution in [0.5, 0.6) is 0 Å². The molecule has 1 aromatic rings. The normalized spacial score (nSPS) is 20.8. The van der Waals surface area contributed by atoms with Crippen LogP contribution in [0, 0.1) is 5.92 Å². The summed E-state index contributed by atoms with van der Waals surface area (Å²) >= 11 is 5.95. The summed E-state index contributed by atoms with van der Waals surface area (Å²) in [4.78, 5) is 24.7. The minimum absolute atomic E-state index is 0.0765. The Morgan fingerprint density at radius 2 is 2.15 bits per heavy atom. The average molecular weight is 296 g/mol. The molecule has 1 aliphatic carbocycles. The van der Waals surface area contributed by atoms with Gasteiger partial charge < -0.3 is 10.0 Å². The van der Waals surface area contributed by atoms with E-state index in [1.165, 1.54) is 4.90 Å². The monoisotopic (exact) mass is 295 g/mol. The van der Waals surface area contributed by atoms with Crippen molar-refractivity contribution >= 4 is 23.5 Å². The first-order chi connectivity index (χ1) is 9.40. The molecular formula is C15H18ClNO3. The highest BCUT2D eigenvalue weighted by atomic mass is 35.5. The number of benzene rings is 1. The largest absolute Gasteiger partial charge is 0.480 e. The van der Waals surface area contributed by atoms with E-state index in [2.05, 4.69) is 0 Å². The molecule has 1 aromatic carbocycles. The maximum atomic E-state index is 12.4. The van der Waals surface area contributed by atoms with Crippen molar-refractivity contribution < 1.29 is 14.7 Å². The van der Waals surface area contributed by atoms with Crippen LogP contribution >= 0.6 is 11.6 Å². The van der Waals surface area contributed by atoms with Gasteiger partial charge in [-0.05, 0) is 43.9 Å². The molecule has 1 amide bonds. The van der Waals surface area contributed by atoms with E-state index in [1.807, 2.05) is 32.0 Å². The van der Waals surface area contributed by atoms with E-state index in [0.29, 0.717) is 5.02 Å². The number of nitrogens with zero attached hydrogens (tertiary/aromatic N) is 1. The molecule has 0 heterocycles. The Bertz CT molecular complexity index is 530. The fraction of sp³-hybridized carbons (Fsp3) is 0.467. The predicted molar refractivity (Wildman–Crippen MR) is 76.8 cm³/mol. The third-order valence-corrected chi connectivity index (χ3v) is 3.83. The zero-order valence-corrected chi connectivity index (χ0v) is 12.3. The van der Waals surface area contributed by atoms with Gasteiger partial charge >= 0.3 is 5.97 Å². The van der Waals surface area contributed by atoms with Crippen LogP contribution in [-0.2, 0) is 9.59 Å². The highest BCUT2D eigenvalue weighted by Gasteiger charge is 2.46. The Morgan fingerprint density at radius 3 is 2.70 bits per heavy atom. The quantitative estimate of drug-likeness (QED) is 0.909. The van der Waals surface area contributed by atoms with Crippen molar-refractivity contribution in [2.75, 3.05) is 6.54 Å². The van der Waals surface area contributed by atoms with Crippen LogP contribution in [0.4, 0.5) is 0 Å². The van der Waals surface area contributed by atoms with Gasteiger partial charge in [0.25, 0.3) is 0 Å². The van der Waals surface area contributed by atoms with Crippen molar-refractivity contribution in [3.05, 3.63) is 34.9 Å². The first kappa shape index (κ1) is 14.9. The molecule has 2 atom stereocenters. The molecule has 0 radical (unpaired) electrons. The molecule has 2 unspecified atom stereocenters. The summed E-state index contributed by atoms with van der Waals surface area (Å²) in [7, 11) is 0. The summed E-state index contributed by atoms with van der Waals surface area (Å²) in [5, 5.41) is 9.55. The van der Waals surface area contributed by atoms with Gasteiger partial charge in [-0.25, -0.2) is 0 Å². The summed E-state index contributed by atoms with van der Waals surface area (Å²) in [5.41, 5.74) is 1.05. The molecule has 0 saturated heterocycles. The standard InChI is InChI=1S/C15H18ClNO3/c1-9(2)17(8-14(18)19)15(20)13-7-12(13)10-4-3-5-11(16)6-10/h3-6,9,12-13H,7-8H2,1-2H3,(H,18,19). The number of rotatable bonds is 5. The number of carboxylic acid groups (broad SMARTS) is 1. The van der Waals surface area contributed by atoms with Gasteiger partial charge in [-0.1, -0.05) is 23.7 Å². The van der Waals surface area contributed by atoms with Crippen molar-refractivity contribution in [2.24, 2.45) is 5.92 Å². The van der Waals surface area contributed by atoms with Crippen LogP contribution in [0.2, 0.25) is 5.02 Å². The first-order valence-corrected chi connectivity index (χ1v) is 7.05. The molecular weight excluding hydrogens is 278 g/mol. The number of halogens is 1. The molecule has 1 fully saturated rings. The number of carbonyl (C=O) groups is 2. The summed E-state index contributed by atoms with van der Waals surface area (Å²) < 4.78 is 0. The van der Waals surface area contributed by atoms with E-state index in [4.69, 9.17) is 16.7 Å². The summed E-state index contributed by atoms with van der Waals surface area (Å²) in [5.74, 6) is -1.01. The van der Waals surface area contributed by atoms with Crippen molar-refractivity contribution in [2.45, 2.75) is 32.2 Å². The fourth-order valence-corrected chi connectivity index (χ4v) is 2.65. The van der Waals surface area contributed by atoms with Crippen LogP contribution in [0.1, 0.15) is 31.7 Å². The van der Waals surface area contributed by atoms with E-state index in [-0.39, 0.29) is 30.3 Å². The smallest absolute Gasteiger partial charge is 0.323 e. The average Bonchev–Trinajstić information content (AvgIpc) is 3.15. The number of carboxylic acids is 1. The summed E-state index contributed by atoms with van der Waals surface area (Å²) in [6, 6.07) is 7.39. The molecule has 0 aliphatic heterocycles. The Balaban J connectivity index is 2.06. The van der Waals surface area contributed by atoms with Gasteiger partial charge in [0.2, 0.25) is 5.91 Å². The molecule has 1 aliphatic rings. The lowest BCUT2D eigenvalue weighted by atomic mass is 10.1. The van der Waals surface area contributed by atoms with Crippen molar-refractivity contribution in [3.63, 3.8) is 0 Å².